The first-order chi connectivity index (χ1) is 8.27. The molecule has 6 nitrogen and oxygen atoms in total. The fraction of sp³-hybridized carbons (Fsp3) is 0.636. The molecule has 98 valence electrons. The van der Waals surface area contributed by atoms with Crippen molar-refractivity contribution in [2.24, 2.45) is 0 Å². The van der Waals surface area contributed by atoms with Crippen LogP contribution in [0, 0.1) is 0 Å². The average Bonchev–Trinajstić information content (AvgIpc) is 2.49. The third-order valence-electron chi connectivity index (χ3n) is 3.47. The molecule has 1 fully saturated rings. The van der Waals surface area contributed by atoms with Gasteiger partial charge in [-0.15, -0.1) is 0 Å². The summed E-state index contributed by atoms with van der Waals surface area (Å²) in [6.45, 7) is 7.92. The second kappa shape index (κ2) is 4.10. The Labute approximate surface area is 107 Å². The van der Waals surface area contributed by atoms with Crippen LogP contribution in [-0.4, -0.2) is 35.4 Å². The minimum atomic E-state index is -0.558. The van der Waals surface area contributed by atoms with Gasteiger partial charge in [-0.05, 0) is 27.7 Å². The molecule has 0 amide bonds. The van der Waals surface area contributed by atoms with Crippen molar-refractivity contribution in [2.45, 2.75) is 38.9 Å². The Hall–Kier alpha value is -1.34. The molecule has 7 heteroatoms. The van der Waals surface area contributed by atoms with Crippen LogP contribution in [0.5, 0.6) is 5.88 Å². The van der Waals surface area contributed by atoms with Crippen LogP contribution < -0.4 is 16.1 Å². The maximum atomic E-state index is 5.87. The molecule has 1 saturated heterocycles. The van der Waals surface area contributed by atoms with E-state index in [1.54, 1.807) is 6.20 Å². The van der Waals surface area contributed by atoms with Gasteiger partial charge in [-0.3, -0.25) is 0 Å². The summed E-state index contributed by atoms with van der Waals surface area (Å²) < 4.78 is 16.8. The first-order valence-corrected chi connectivity index (χ1v) is 5.79. The van der Waals surface area contributed by atoms with Crippen LogP contribution in [0.1, 0.15) is 27.7 Å². The maximum Gasteiger partial charge on any atom is 0.516 e. The predicted octanol–water partition coefficient (Wildman–Crippen LogP) is 0.367. The lowest BCUT2D eigenvalue weighted by atomic mass is 9.85. The van der Waals surface area contributed by atoms with Gasteiger partial charge in [0.25, 0.3) is 5.88 Å². The van der Waals surface area contributed by atoms with Gasteiger partial charge in [-0.1, -0.05) is 0 Å². The molecule has 1 aromatic heterocycles. The molecule has 18 heavy (non-hydrogen) atoms. The zero-order valence-corrected chi connectivity index (χ0v) is 11.4. The van der Waals surface area contributed by atoms with Gasteiger partial charge in [-0.25, -0.2) is 9.97 Å². The van der Waals surface area contributed by atoms with Crippen molar-refractivity contribution in [2.75, 3.05) is 12.8 Å². The van der Waals surface area contributed by atoms with Crippen molar-refractivity contribution in [3.63, 3.8) is 0 Å². The summed E-state index contributed by atoms with van der Waals surface area (Å²) in [7, 11) is 0.936. The van der Waals surface area contributed by atoms with E-state index in [4.69, 9.17) is 19.8 Å². The molecule has 0 bridgehead atoms. The van der Waals surface area contributed by atoms with E-state index >= 15 is 0 Å². The van der Waals surface area contributed by atoms with E-state index in [-0.39, 0.29) is 11.7 Å². The van der Waals surface area contributed by atoms with Crippen molar-refractivity contribution in [1.29, 1.82) is 0 Å². The highest BCUT2D eigenvalue weighted by Gasteiger charge is 2.52. The van der Waals surface area contributed by atoms with E-state index < -0.39 is 18.3 Å². The van der Waals surface area contributed by atoms with Crippen LogP contribution >= 0.6 is 0 Å². The minimum absolute atomic E-state index is 0.248. The van der Waals surface area contributed by atoms with Crippen molar-refractivity contribution in [3.05, 3.63) is 6.20 Å². The Kier molecular flexibility index (Phi) is 2.99. The van der Waals surface area contributed by atoms with Crippen LogP contribution in [0.15, 0.2) is 6.20 Å². The highest BCUT2D eigenvalue weighted by Crippen LogP contribution is 2.36. The van der Waals surface area contributed by atoms with Crippen molar-refractivity contribution < 1.29 is 14.0 Å². The van der Waals surface area contributed by atoms with Gasteiger partial charge in [0.2, 0.25) is 0 Å². The number of nitrogens with zero attached hydrogens (tertiary/aromatic N) is 2. The quantitative estimate of drug-likeness (QED) is 0.765. The number of ether oxygens (including phenoxy) is 1. The number of nitrogen functional groups attached to an aromatic ring is 1. The summed E-state index contributed by atoms with van der Waals surface area (Å²) in [6, 6.07) is 0. The highest BCUT2D eigenvalue weighted by molar-refractivity contribution is 6.61. The number of methoxy groups -OCH3 is 1. The molecule has 0 atom stereocenters. The lowest BCUT2D eigenvalue weighted by molar-refractivity contribution is 0.00578. The Morgan fingerprint density at radius 2 is 1.78 bits per heavy atom. The summed E-state index contributed by atoms with van der Waals surface area (Å²) >= 11 is 0. The second-order valence-corrected chi connectivity index (χ2v) is 5.28. The number of anilines is 1. The minimum Gasteiger partial charge on any atom is -0.478 e. The molecule has 2 rings (SSSR count). The highest BCUT2D eigenvalue weighted by atomic mass is 16.7. The van der Waals surface area contributed by atoms with Crippen LogP contribution in [-0.2, 0) is 9.31 Å². The van der Waals surface area contributed by atoms with Crippen LogP contribution in [0.2, 0.25) is 0 Å². The number of nitrogens with two attached hydrogens (primary N) is 1. The van der Waals surface area contributed by atoms with E-state index in [2.05, 4.69) is 9.97 Å². The maximum absolute atomic E-state index is 5.87. The molecule has 0 unspecified atom stereocenters. The number of rotatable bonds is 2. The Balaban J connectivity index is 2.30. The fourth-order valence-corrected chi connectivity index (χ4v) is 1.62. The average molecular weight is 251 g/mol. The standard InChI is InChI=1S/C11H18BN3O3/c1-10(2)11(3,4)18-12(17-10)7-6-14-8(13)9(15-7)16-5/h6H,1-5H3,(H2,13,14). The SMILES string of the molecule is COc1nc(B2OC(C)(C)C(C)(C)O2)cnc1N. The van der Waals surface area contributed by atoms with E-state index in [1.165, 1.54) is 7.11 Å². The zero-order valence-electron chi connectivity index (χ0n) is 11.4. The Morgan fingerprint density at radius 1 is 1.22 bits per heavy atom. The summed E-state index contributed by atoms with van der Waals surface area (Å²) in [4.78, 5) is 8.26. The van der Waals surface area contributed by atoms with Gasteiger partial charge >= 0.3 is 7.12 Å². The van der Waals surface area contributed by atoms with Crippen molar-refractivity contribution in [3.8, 4) is 5.88 Å². The Morgan fingerprint density at radius 3 is 2.28 bits per heavy atom. The Bertz CT molecular complexity index is 449. The molecule has 0 radical (unpaired) electrons. The normalized spacial score (nSPS) is 21.1. The zero-order chi connectivity index (χ0) is 13.6. The monoisotopic (exact) mass is 251 g/mol. The largest absolute Gasteiger partial charge is 0.516 e. The first kappa shape index (κ1) is 13.1. The molecular formula is C11H18BN3O3. The second-order valence-electron chi connectivity index (χ2n) is 5.28. The lowest BCUT2D eigenvalue weighted by Gasteiger charge is -2.32. The molecule has 0 aliphatic carbocycles. The molecule has 1 aliphatic rings. The van der Waals surface area contributed by atoms with E-state index in [0.717, 1.165) is 0 Å². The number of aromatic nitrogens is 2. The van der Waals surface area contributed by atoms with Crippen molar-refractivity contribution in [1.82, 2.24) is 9.97 Å². The van der Waals surface area contributed by atoms with E-state index in [9.17, 15) is 0 Å². The smallest absolute Gasteiger partial charge is 0.478 e. The molecule has 2 heterocycles. The lowest BCUT2D eigenvalue weighted by Crippen LogP contribution is -2.41. The molecule has 2 N–H and O–H groups in total. The molecule has 0 spiro atoms. The number of hydrogen-bond acceptors (Lipinski definition) is 6. The summed E-state index contributed by atoms with van der Waals surface area (Å²) in [5.74, 6) is 0.528. The van der Waals surface area contributed by atoms with Gasteiger partial charge in [0.15, 0.2) is 5.82 Å². The van der Waals surface area contributed by atoms with Crippen molar-refractivity contribution >= 4 is 18.5 Å². The summed E-state index contributed by atoms with van der Waals surface area (Å²) in [5.41, 5.74) is 5.36. The predicted molar refractivity (Wildman–Crippen MR) is 68.7 cm³/mol. The van der Waals surface area contributed by atoms with Gasteiger partial charge in [-0.2, -0.15) is 0 Å². The van der Waals surface area contributed by atoms with Gasteiger partial charge in [0, 0.05) is 6.20 Å². The first-order valence-electron chi connectivity index (χ1n) is 5.79. The third-order valence-corrected chi connectivity index (χ3v) is 3.47. The molecule has 0 saturated carbocycles. The van der Waals surface area contributed by atoms with E-state index in [1.807, 2.05) is 27.7 Å². The summed E-state index contributed by atoms with van der Waals surface area (Å²) in [5, 5.41) is 0. The van der Waals surface area contributed by atoms with E-state index in [0.29, 0.717) is 5.59 Å². The fourth-order valence-electron chi connectivity index (χ4n) is 1.62. The van der Waals surface area contributed by atoms with Gasteiger partial charge in [0.05, 0.1) is 23.9 Å². The van der Waals surface area contributed by atoms with Crippen LogP contribution in [0.4, 0.5) is 5.82 Å². The molecular weight excluding hydrogens is 233 g/mol. The molecule has 1 aliphatic heterocycles. The third kappa shape index (κ3) is 2.04. The number of hydrogen-bond donors (Lipinski definition) is 1. The molecule has 0 aromatic carbocycles. The van der Waals surface area contributed by atoms with Crippen LogP contribution in [0.3, 0.4) is 0 Å². The van der Waals surface area contributed by atoms with Gasteiger partial charge < -0.3 is 19.8 Å². The van der Waals surface area contributed by atoms with Crippen LogP contribution in [0.25, 0.3) is 0 Å². The van der Waals surface area contributed by atoms with Gasteiger partial charge in [0.1, 0.15) is 0 Å². The molecule has 1 aromatic rings. The topological polar surface area (TPSA) is 79.5 Å². The summed E-state index contributed by atoms with van der Waals surface area (Å²) in [6.07, 6.45) is 1.54.